The van der Waals surface area contributed by atoms with Gasteiger partial charge in [0, 0.05) is 19.6 Å². The number of benzene rings is 1. The number of anilines is 1. The highest BCUT2D eigenvalue weighted by molar-refractivity contribution is 5.59. The van der Waals surface area contributed by atoms with Gasteiger partial charge in [-0.3, -0.25) is 0 Å². The van der Waals surface area contributed by atoms with Gasteiger partial charge in [-0.25, -0.2) is 0 Å². The molecule has 0 aromatic heterocycles. The molecule has 3 nitrogen and oxygen atoms in total. The van der Waals surface area contributed by atoms with E-state index in [9.17, 15) is 0 Å². The molecule has 0 aliphatic heterocycles. The highest BCUT2D eigenvalue weighted by Crippen LogP contribution is 2.29. The second kappa shape index (κ2) is 9.65. The van der Waals surface area contributed by atoms with Crippen LogP contribution in [0.2, 0.25) is 0 Å². The molecule has 0 saturated carbocycles. The fourth-order valence-electron chi connectivity index (χ4n) is 2.30. The lowest BCUT2D eigenvalue weighted by molar-refractivity contribution is 0.413. The first-order valence-corrected chi connectivity index (χ1v) is 7.89. The Morgan fingerprint density at radius 3 is 2.55 bits per heavy atom. The van der Waals surface area contributed by atoms with E-state index in [1.165, 1.54) is 24.1 Å². The van der Waals surface area contributed by atoms with Gasteiger partial charge in [0.25, 0.3) is 0 Å². The van der Waals surface area contributed by atoms with Crippen molar-refractivity contribution < 1.29 is 4.74 Å². The summed E-state index contributed by atoms with van der Waals surface area (Å²) >= 11 is 0. The molecule has 0 atom stereocenters. The third kappa shape index (κ3) is 5.04. The molecule has 0 radical (unpaired) electrons. The zero-order valence-electron chi connectivity index (χ0n) is 13.5. The predicted molar refractivity (Wildman–Crippen MR) is 87.8 cm³/mol. The number of methoxy groups -OCH3 is 1. The average Bonchev–Trinajstić information content (AvgIpc) is 2.49. The van der Waals surface area contributed by atoms with Crippen LogP contribution in [0, 0.1) is 0 Å². The number of unbranched alkanes of at least 4 members (excludes halogenated alkanes) is 1. The van der Waals surface area contributed by atoms with Gasteiger partial charge in [0.1, 0.15) is 5.75 Å². The van der Waals surface area contributed by atoms with Crippen molar-refractivity contribution in [1.82, 2.24) is 5.32 Å². The minimum absolute atomic E-state index is 0.908. The topological polar surface area (TPSA) is 24.5 Å². The summed E-state index contributed by atoms with van der Waals surface area (Å²) in [7, 11) is 1.76. The third-order valence-corrected chi connectivity index (χ3v) is 3.50. The second-order valence-electron chi connectivity index (χ2n) is 5.12. The maximum absolute atomic E-state index is 5.59. The summed E-state index contributed by atoms with van der Waals surface area (Å²) in [6.45, 7) is 10.7. The van der Waals surface area contributed by atoms with Crippen molar-refractivity contribution in [3.05, 3.63) is 23.8 Å². The Kier molecular flexibility index (Phi) is 8.12. The first kappa shape index (κ1) is 16.8. The molecule has 1 N–H and O–H groups in total. The molecule has 3 heteroatoms. The molecule has 1 aromatic carbocycles. The van der Waals surface area contributed by atoms with Crippen molar-refractivity contribution in [3.63, 3.8) is 0 Å². The molecule has 0 amide bonds. The van der Waals surface area contributed by atoms with Crippen LogP contribution in [0.15, 0.2) is 18.2 Å². The Balaban J connectivity index is 2.80. The van der Waals surface area contributed by atoms with E-state index in [-0.39, 0.29) is 0 Å². The molecular weight excluding hydrogens is 248 g/mol. The van der Waals surface area contributed by atoms with E-state index in [1.54, 1.807) is 7.11 Å². The van der Waals surface area contributed by atoms with Gasteiger partial charge in [-0.2, -0.15) is 0 Å². The molecule has 0 heterocycles. The quantitative estimate of drug-likeness (QED) is 0.658. The zero-order chi connectivity index (χ0) is 14.8. The van der Waals surface area contributed by atoms with Crippen LogP contribution in [0.4, 0.5) is 5.69 Å². The lowest BCUT2D eigenvalue weighted by Crippen LogP contribution is -2.24. The van der Waals surface area contributed by atoms with Gasteiger partial charge >= 0.3 is 0 Å². The number of ether oxygens (including phenoxy) is 1. The van der Waals surface area contributed by atoms with Crippen LogP contribution >= 0.6 is 0 Å². The third-order valence-electron chi connectivity index (χ3n) is 3.50. The SMILES string of the molecule is CCCCN(CC)c1ccc(CNCCC)cc1OC. The van der Waals surface area contributed by atoms with Crippen LogP contribution in [-0.2, 0) is 6.54 Å². The normalized spacial score (nSPS) is 10.6. The maximum Gasteiger partial charge on any atom is 0.142 e. The van der Waals surface area contributed by atoms with Crippen LogP contribution in [0.1, 0.15) is 45.6 Å². The average molecular weight is 278 g/mol. The Bertz CT molecular complexity index is 379. The molecule has 20 heavy (non-hydrogen) atoms. The first-order valence-electron chi connectivity index (χ1n) is 7.89. The van der Waals surface area contributed by atoms with Crippen molar-refractivity contribution in [2.45, 2.75) is 46.6 Å². The molecule has 0 aliphatic rings. The minimum Gasteiger partial charge on any atom is -0.495 e. The monoisotopic (exact) mass is 278 g/mol. The molecule has 0 saturated heterocycles. The van der Waals surface area contributed by atoms with E-state index in [2.05, 4.69) is 49.2 Å². The van der Waals surface area contributed by atoms with Crippen molar-refractivity contribution in [2.24, 2.45) is 0 Å². The number of rotatable bonds is 10. The van der Waals surface area contributed by atoms with E-state index in [1.807, 2.05) is 0 Å². The lowest BCUT2D eigenvalue weighted by Gasteiger charge is -2.25. The number of nitrogens with zero attached hydrogens (tertiary/aromatic N) is 1. The molecule has 0 unspecified atom stereocenters. The summed E-state index contributed by atoms with van der Waals surface area (Å²) in [5.41, 5.74) is 2.49. The van der Waals surface area contributed by atoms with E-state index in [4.69, 9.17) is 4.74 Å². The predicted octanol–water partition coefficient (Wildman–Crippen LogP) is 3.82. The summed E-state index contributed by atoms with van der Waals surface area (Å²) in [6.07, 6.45) is 3.60. The molecule has 0 aliphatic carbocycles. The van der Waals surface area contributed by atoms with Gasteiger partial charge < -0.3 is 15.0 Å². The molecule has 0 spiro atoms. The van der Waals surface area contributed by atoms with Gasteiger partial charge in [-0.1, -0.05) is 26.3 Å². The molecular formula is C17H30N2O. The highest BCUT2D eigenvalue weighted by Gasteiger charge is 2.10. The van der Waals surface area contributed by atoms with Crippen molar-refractivity contribution in [3.8, 4) is 5.75 Å². The number of hydrogen-bond acceptors (Lipinski definition) is 3. The Morgan fingerprint density at radius 2 is 1.95 bits per heavy atom. The maximum atomic E-state index is 5.59. The summed E-state index contributed by atoms with van der Waals surface area (Å²) in [5.74, 6) is 0.985. The van der Waals surface area contributed by atoms with Crippen LogP contribution in [-0.4, -0.2) is 26.7 Å². The largest absolute Gasteiger partial charge is 0.495 e. The summed E-state index contributed by atoms with van der Waals surface area (Å²) in [6, 6.07) is 6.56. The van der Waals surface area contributed by atoms with Gasteiger partial charge in [0.05, 0.1) is 12.8 Å². The second-order valence-corrected chi connectivity index (χ2v) is 5.12. The summed E-state index contributed by atoms with van der Waals surface area (Å²) < 4.78 is 5.59. The van der Waals surface area contributed by atoms with Crippen LogP contribution < -0.4 is 15.0 Å². The smallest absolute Gasteiger partial charge is 0.142 e. The number of nitrogens with one attached hydrogen (secondary N) is 1. The van der Waals surface area contributed by atoms with E-state index >= 15 is 0 Å². The Labute approximate surface area is 124 Å². The number of hydrogen-bond donors (Lipinski definition) is 1. The fraction of sp³-hybridized carbons (Fsp3) is 0.647. The van der Waals surface area contributed by atoms with E-state index in [0.717, 1.165) is 38.3 Å². The minimum atomic E-state index is 0.908. The van der Waals surface area contributed by atoms with Gasteiger partial charge in [-0.15, -0.1) is 0 Å². The van der Waals surface area contributed by atoms with Gasteiger partial charge in [-0.05, 0) is 44.0 Å². The highest BCUT2D eigenvalue weighted by atomic mass is 16.5. The molecule has 0 fully saturated rings. The van der Waals surface area contributed by atoms with Gasteiger partial charge in [0.2, 0.25) is 0 Å². The van der Waals surface area contributed by atoms with Gasteiger partial charge in [0.15, 0.2) is 0 Å². The summed E-state index contributed by atoms with van der Waals surface area (Å²) in [4.78, 5) is 2.39. The van der Waals surface area contributed by atoms with Crippen molar-refractivity contribution in [2.75, 3.05) is 31.6 Å². The molecule has 1 rings (SSSR count). The van der Waals surface area contributed by atoms with Crippen molar-refractivity contribution >= 4 is 5.69 Å². The first-order chi connectivity index (χ1) is 9.76. The van der Waals surface area contributed by atoms with Crippen LogP contribution in [0.25, 0.3) is 0 Å². The standard InChI is InChI=1S/C17H30N2O/c1-5-8-12-19(7-3)16-10-9-15(13-17(16)20-4)14-18-11-6-2/h9-10,13,18H,5-8,11-12,14H2,1-4H3. The molecule has 0 bridgehead atoms. The summed E-state index contributed by atoms with van der Waals surface area (Å²) in [5, 5.41) is 3.43. The van der Waals surface area contributed by atoms with E-state index in [0.29, 0.717) is 0 Å². The van der Waals surface area contributed by atoms with Crippen LogP contribution in [0.5, 0.6) is 5.75 Å². The van der Waals surface area contributed by atoms with E-state index < -0.39 is 0 Å². The van der Waals surface area contributed by atoms with Crippen molar-refractivity contribution in [1.29, 1.82) is 0 Å². The van der Waals surface area contributed by atoms with Crippen LogP contribution in [0.3, 0.4) is 0 Å². The molecule has 1 aromatic rings. The lowest BCUT2D eigenvalue weighted by atomic mass is 10.1. The fourth-order valence-corrected chi connectivity index (χ4v) is 2.30. The Hall–Kier alpha value is -1.22. The zero-order valence-corrected chi connectivity index (χ0v) is 13.5. The Morgan fingerprint density at radius 1 is 1.15 bits per heavy atom. The molecule has 114 valence electrons.